The van der Waals surface area contributed by atoms with E-state index in [0.29, 0.717) is 13.0 Å². The van der Waals surface area contributed by atoms with Gasteiger partial charge in [0.25, 0.3) is 0 Å². The van der Waals surface area contributed by atoms with Crippen molar-refractivity contribution < 1.29 is 4.79 Å². The zero-order valence-electron chi connectivity index (χ0n) is 4.63. The van der Waals surface area contributed by atoms with Crippen LogP contribution in [0.5, 0.6) is 0 Å². The zero-order valence-corrected chi connectivity index (χ0v) is 4.63. The fourth-order valence-corrected chi connectivity index (χ4v) is 0.322. The van der Waals surface area contributed by atoms with Crippen LogP contribution in [0, 0.1) is 0 Å². The summed E-state index contributed by atoms with van der Waals surface area (Å²) in [6, 6.07) is -0.569. The average molecular weight is 117 g/mol. The van der Waals surface area contributed by atoms with E-state index in [1.165, 1.54) is 0 Å². The summed E-state index contributed by atoms with van der Waals surface area (Å²) < 4.78 is 0. The molecule has 0 aliphatic heterocycles. The molecule has 0 aliphatic rings. The molecule has 0 aliphatic carbocycles. The Morgan fingerprint density at radius 2 is 2.12 bits per heavy atom. The SMILES string of the molecule is NCC[C@H](N)C(N)=O. The van der Waals surface area contributed by atoms with E-state index in [2.05, 4.69) is 0 Å². The van der Waals surface area contributed by atoms with Crippen molar-refractivity contribution in [1.29, 1.82) is 0 Å². The Bertz CT molecular complexity index is 83.4. The van der Waals surface area contributed by atoms with Gasteiger partial charge in [-0.25, -0.2) is 0 Å². The van der Waals surface area contributed by atoms with Gasteiger partial charge in [-0.1, -0.05) is 0 Å². The largest absolute Gasteiger partial charge is 0.368 e. The van der Waals surface area contributed by atoms with E-state index in [-0.39, 0.29) is 0 Å². The standard InChI is InChI=1S/C4H11N3O/c5-2-1-3(6)4(7)8/h3H,1-2,5-6H2,(H2,7,8)/t3-/m0/s1. The molecular weight excluding hydrogens is 106 g/mol. The third kappa shape index (κ3) is 2.54. The third-order valence-corrected chi connectivity index (χ3v) is 0.843. The Kier molecular flexibility index (Phi) is 3.14. The van der Waals surface area contributed by atoms with Gasteiger partial charge in [-0.15, -0.1) is 0 Å². The Morgan fingerprint density at radius 3 is 2.25 bits per heavy atom. The van der Waals surface area contributed by atoms with Crippen molar-refractivity contribution >= 4 is 5.91 Å². The number of carbonyl (C=O) groups excluding carboxylic acids is 1. The van der Waals surface area contributed by atoms with Crippen LogP contribution < -0.4 is 17.2 Å². The molecule has 1 atom stereocenters. The molecule has 8 heavy (non-hydrogen) atoms. The minimum absolute atomic E-state index is 0.407. The first kappa shape index (κ1) is 7.39. The Labute approximate surface area is 48.0 Å². The second-order valence-electron chi connectivity index (χ2n) is 1.59. The van der Waals surface area contributed by atoms with Crippen LogP contribution in [0.3, 0.4) is 0 Å². The van der Waals surface area contributed by atoms with Crippen LogP contribution in [0.2, 0.25) is 0 Å². The summed E-state index contributed by atoms with van der Waals surface area (Å²) in [5, 5.41) is 0. The molecule has 4 nitrogen and oxygen atoms in total. The van der Waals surface area contributed by atoms with Gasteiger partial charge in [-0.2, -0.15) is 0 Å². The van der Waals surface area contributed by atoms with E-state index < -0.39 is 11.9 Å². The maximum absolute atomic E-state index is 10.1. The third-order valence-electron chi connectivity index (χ3n) is 0.843. The van der Waals surface area contributed by atoms with Crippen molar-refractivity contribution in [2.75, 3.05) is 6.54 Å². The quantitative estimate of drug-likeness (QED) is 0.405. The maximum Gasteiger partial charge on any atom is 0.234 e. The van der Waals surface area contributed by atoms with Crippen LogP contribution >= 0.6 is 0 Å². The molecule has 0 unspecified atom stereocenters. The lowest BCUT2D eigenvalue weighted by molar-refractivity contribution is -0.119. The summed E-state index contributed by atoms with van der Waals surface area (Å²) in [6.45, 7) is 0.407. The summed E-state index contributed by atoms with van der Waals surface area (Å²) >= 11 is 0. The van der Waals surface area contributed by atoms with Crippen LogP contribution in [0.1, 0.15) is 6.42 Å². The van der Waals surface area contributed by atoms with Gasteiger partial charge < -0.3 is 17.2 Å². The molecular formula is C4H11N3O. The maximum atomic E-state index is 10.1. The van der Waals surface area contributed by atoms with Crippen molar-refractivity contribution in [2.45, 2.75) is 12.5 Å². The van der Waals surface area contributed by atoms with E-state index in [1.54, 1.807) is 0 Å². The number of hydrogen-bond donors (Lipinski definition) is 3. The molecule has 0 radical (unpaired) electrons. The highest BCUT2D eigenvalue weighted by Gasteiger charge is 2.05. The summed E-state index contributed by atoms with van der Waals surface area (Å²) in [7, 11) is 0. The molecule has 0 fully saturated rings. The molecule has 0 aromatic carbocycles. The van der Waals surface area contributed by atoms with E-state index in [9.17, 15) is 4.79 Å². The lowest BCUT2D eigenvalue weighted by atomic mass is 10.2. The number of amides is 1. The van der Waals surface area contributed by atoms with Crippen molar-refractivity contribution in [3.63, 3.8) is 0 Å². The van der Waals surface area contributed by atoms with Gasteiger partial charge in [0.1, 0.15) is 0 Å². The van der Waals surface area contributed by atoms with E-state index in [1.807, 2.05) is 0 Å². The predicted octanol–water partition coefficient (Wildman–Crippen LogP) is -1.85. The van der Waals surface area contributed by atoms with Gasteiger partial charge in [0.15, 0.2) is 0 Å². The minimum Gasteiger partial charge on any atom is -0.368 e. The van der Waals surface area contributed by atoms with Crippen LogP contribution in [0.25, 0.3) is 0 Å². The number of nitrogens with two attached hydrogens (primary N) is 3. The Hall–Kier alpha value is -0.610. The first-order chi connectivity index (χ1) is 3.68. The summed E-state index contributed by atoms with van der Waals surface area (Å²) in [4.78, 5) is 10.1. The molecule has 6 N–H and O–H groups in total. The highest BCUT2D eigenvalue weighted by atomic mass is 16.1. The van der Waals surface area contributed by atoms with Gasteiger partial charge >= 0.3 is 0 Å². The van der Waals surface area contributed by atoms with Crippen LogP contribution in [-0.4, -0.2) is 18.5 Å². The van der Waals surface area contributed by atoms with E-state index in [0.717, 1.165) is 0 Å². The van der Waals surface area contributed by atoms with Gasteiger partial charge in [-0.05, 0) is 13.0 Å². The number of carbonyl (C=O) groups is 1. The molecule has 1 amide bonds. The molecule has 48 valence electrons. The predicted molar refractivity (Wildman–Crippen MR) is 30.8 cm³/mol. The van der Waals surface area contributed by atoms with E-state index >= 15 is 0 Å². The van der Waals surface area contributed by atoms with Crippen LogP contribution in [-0.2, 0) is 4.79 Å². The molecule has 0 saturated heterocycles. The van der Waals surface area contributed by atoms with Crippen molar-refractivity contribution in [1.82, 2.24) is 0 Å². The van der Waals surface area contributed by atoms with Crippen molar-refractivity contribution in [3.05, 3.63) is 0 Å². The van der Waals surface area contributed by atoms with Crippen molar-refractivity contribution in [3.8, 4) is 0 Å². The average Bonchev–Trinajstić information content (AvgIpc) is 1.67. The van der Waals surface area contributed by atoms with Gasteiger partial charge in [0, 0.05) is 0 Å². The molecule has 0 heterocycles. The lowest BCUT2D eigenvalue weighted by Crippen LogP contribution is -2.37. The first-order valence-corrected chi connectivity index (χ1v) is 2.43. The molecule has 0 aromatic rings. The fraction of sp³-hybridized carbons (Fsp3) is 0.750. The summed E-state index contributed by atoms with van der Waals surface area (Å²) in [6.07, 6.45) is 0.468. The monoisotopic (exact) mass is 117 g/mol. The molecule has 4 heteroatoms. The number of primary amides is 1. The second-order valence-corrected chi connectivity index (χ2v) is 1.59. The number of hydrogen-bond acceptors (Lipinski definition) is 3. The summed E-state index contributed by atoms with van der Waals surface area (Å²) in [5.41, 5.74) is 15.1. The van der Waals surface area contributed by atoms with Crippen molar-refractivity contribution in [2.24, 2.45) is 17.2 Å². The molecule has 0 aromatic heterocycles. The Morgan fingerprint density at radius 1 is 1.62 bits per heavy atom. The van der Waals surface area contributed by atoms with Gasteiger partial charge in [-0.3, -0.25) is 4.79 Å². The summed E-state index contributed by atoms with van der Waals surface area (Å²) in [5.74, 6) is -0.490. The molecule has 0 saturated carbocycles. The number of rotatable bonds is 3. The molecule has 0 bridgehead atoms. The second kappa shape index (κ2) is 3.40. The van der Waals surface area contributed by atoms with E-state index in [4.69, 9.17) is 17.2 Å². The minimum atomic E-state index is -0.569. The normalized spacial score (nSPS) is 13.2. The Balaban J connectivity index is 3.32. The molecule has 0 spiro atoms. The zero-order chi connectivity index (χ0) is 6.57. The van der Waals surface area contributed by atoms with Crippen LogP contribution in [0.4, 0.5) is 0 Å². The van der Waals surface area contributed by atoms with Crippen LogP contribution in [0.15, 0.2) is 0 Å². The highest BCUT2D eigenvalue weighted by molar-refractivity contribution is 5.79. The lowest BCUT2D eigenvalue weighted by Gasteiger charge is -2.01. The first-order valence-electron chi connectivity index (χ1n) is 2.43. The topological polar surface area (TPSA) is 95.1 Å². The fourth-order valence-electron chi connectivity index (χ4n) is 0.322. The molecule has 0 rings (SSSR count). The smallest absolute Gasteiger partial charge is 0.234 e. The highest BCUT2D eigenvalue weighted by Crippen LogP contribution is 1.80. The van der Waals surface area contributed by atoms with Gasteiger partial charge in [0.2, 0.25) is 5.91 Å². The van der Waals surface area contributed by atoms with Gasteiger partial charge in [0.05, 0.1) is 6.04 Å².